The van der Waals surface area contributed by atoms with E-state index in [0.717, 1.165) is 19.0 Å². The topological polar surface area (TPSA) is 24.1 Å². The van der Waals surface area contributed by atoms with Gasteiger partial charge in [0.05, 0.1) is 0 Å². The highest BCUT2D eigenvalue weighted by Crippen LogP contribution is 2.48. The van der Waals surface area contributed by atoms with Crippen LogP contribution >= 0.6 is 0 Å². The van der Waals surface area contributed by atoms with Crippen molar-refractivity contribution in [2.24, 2.45) is 11.3 Å². The van der Waals surface area contributed by atoms with Crippen LogP contribution in [0.3, 0.4) is 0 Å². The third kappa shape index (κ3) is 4.98. The van der Waals surface area contributed by atoms with Crippen molar-refractivity contribution in [3.63, 3.8) is 0 Å². The molecule has 1 unspecified atom stereocenters. The minimum atomic E-state index is 0.701. The first-order valence-corrected chi connectivity index (χ1v) is 6.64. The van der Waals surface area contributed by atoms with E-state index < -0.39 is 0 Å². The van der Waals surface area contributed by atoms with Crippen LogP contribution in [-0.4, -0.2) is 26.2 Å². The second-order valence-corrected chi connectivity index (χ2v) is 5.29. The molecule has 0 radical (unpaired) electrons. The molecule has 2 nitrogen and oxygen atoms in total. The van der Waals surface area contributed by atoms with Gasteiger partial charge in [0.15, 0.2) is 0 Å². The standard InChI is InChI=1S/C13H28N2/c1-4-6-13(7-8-13)11-15-10-12(3)9-14-5-2/h12,14-15H,4-11H2,1-3H3. The molecule has 1 saturated carbocycles. The molecule has 0 aromatic rings. The molecular weight excluding hydrogens is 184 g/mol. The molecule has 0 spiro atoms. The van der Waals surface area contributed by atoms with Gasteiger partial charge >= 0.3 is 0 Å². The Hall–Kier alpha value is -0.0800. The Bertz CT molecular complexity index is 164. The maximum Gasteiger partial charge on any atom is 0.000793 e. The summed E-state index contributed by atoms with van der Waals surface area (Å²) < 4.78 is 0. The molecule has 0 heterocycles. The van der Waals surface area contributed by atoms with Gasteiger partial charge in [0.25, 0.3) is 0 Å². The van der Waals surface area contributed by atoms with Gasteiger partial charge in [-0.25, -0.2) is 0 Å². The van der Waals surface area contributed by atoms with E-state index >= 15 is 0 Å². The molecule has 2 heteroatoms. The van der Waals surface area contributed by atoms with Crippen molar-refractivity contribution < 1.29 is 0 Å². The van der Waals surface area contributed by atoms with Gasteiger partial charge in [-0.2, -0.15) is 0 Å². The smallest absolute Gasteiger partial charge is 0.000793 e. The fraction of sp³-hybridized carbons (Fsp3) is 1.00. The van der Waals surface area contributed by atoms with Crippen LogP contribution in [0.15, 0.2) is 0 Å². The summed E-state index contributed by atoms with van der Waals surface area (Å²) >= 11 is 0. The largest absolute Gasteiger partial charge is 0.317 e. The van der Waals surface area contributed by atoms with Gasteiger partial charge in [-0.1, -0.05) is 27.2 Å². The summed E-state index contributed by atoms with van der Waals surface area (Å²) in [6.45, 7) is 11.4. The second-order valence-electron chi connectivity index (χ2n) is 5.29. The molecule has 0 aliphatic heterocycles. The van der Waals surface area contributed by atoms with Crippen LogP contribution in [0.25, 0.3) is 0 Å². The summed E-state index contributed by atoms with van der Waals surface area (Å²) in [6.07, 6.45) is 5.67. The summed E-state index contributed by atoms with van der Waals surface area (Å²) in [6, 6.07) is 0. The second kappa shape index (κ2) is 6.49. The highest BCUT2D eigenvalue weighted by Gasteiger charge is 2.40. The minimum absolute atomic E-state index is 0.701. The van der Waals surface area contributed by atoms with Crippen LogP contribution in [0.4, 0.5) is 0 Å². The van der Waals surface area contributed by atoms with Crippen LogP contribution in [0, 0.1) is 11.3 Å². The molecule has 1 rings (SSSR count). The van der Waals surface area contributed by atoms with Crippen molar-refractivity contribution in [3.8, 4) is 0 Å². The van der Waals surface area contributed by atoms with E-state index in [1.54, 1.807) is 0 Å². The van der Waals surface area contributed by atoms with Gasteiger partial charge in [-0.15, -0.1) is 0 Å². The molecule has 1 aliphatic rings. The highest BCUT2D eigenvalue weighted by atomic mass is 14.9. The zero-order valence-electron chi connectivity index (χ0n) is 10.7. The van der Waals surface area contributed by atoms with Crippen LogP contribution in [0.2, 0.25) is 0 Å². The average molecular weight is 212 g/mol. The monoisotopic (exact) mass is 212 g/mol. The molecule has 0 aromatic carbocycles. The van der Waals surface area contributed by atoms with E-state index in [-0.39, 0.29) is 0 Å². The van der Waals surface area contributed by atoms with Crippen molar-refractivity contribution in [2.75, 3.05) is 26.2 Å². The molecule has 1 fully saturated rings. The Morgan fingerprint density at radius 1 is 1.13 bits per heavy atom. The van der Waals surface area contributed by atoms with E-state index in [2.05, 4.69) is 31.4 Å². The minimum Gasteiger partial charge on any atom is -0.317 e. The summed E-state index contributed by atoms with van der Waals surface area (Å²) in [7, 11) is 0. The van der Waals surface area contributed by atoms with E-state index in [9.17, 15) is 0 Å². The zero-order chi connectivity index (χ0) is 11.1. The van der Waals surface area contributed by atoms with Crippen LogP contribution < -0.4 is 10.6 Å². The fourth-order valence-corrected chi connectivity index (χ4v) is 2.27. The van der Waals surface area contributed by atoms with Gasteiger partial charge < -0.3 is 10.6 Å². The first-order chi connectivity index (χ1) is 7.22. The number of hydrogen-bond donors (Lipinski definition) is 2. The third-order valence-corrected chi connectivity index (χ3v) is 3.47. The Morgan fingerprint density at radius 3 is 2.33 bits per heavy atom. The summed E-state index contributed by atoms with van der Waals surface area (Å²) in [4.78, 5) is 0. The highest BCUT2D eigenvalue weighted by molar-refractivity contribution is 4.94. The number of rotatable bonds is 9. The maximum absolute atomic E-state index is 3.64. The third-order valence-electron chi connectivity index (χ3n) is 3.47. The molecule has 2 N–H and O–H groups in total. The Morgan fingerprint density at radius 2 is 1.80 bits per heavy atom. The van der Waals surface area contributed by atoms with Crippen LogP contribution in [0.5, 0.6) is 0 Å². The summed E-state index contributed by atoms with van der Waals surface area (Å²) in [5, 5.41) is 7.04. The van der Waals surface area contributed by atoms with Gasteiger partial charge in [0.1, 0.15) is 0 Å². The Balaban J connectivity index is 2.00. The lowest BCUT2D eigenvalue weighted by Crippen LogP contribution is -2.32. The molecule has 15 heavy (non-hydrogen) atoms. The Kier molecular flexibility index (Phi) is 5.62. The molecule has 90 valence electrons. The molecular formula is C13H28N2. The predicted molar refractivity (Wildman–Crippen MR) is 67.2 cm³/mol. The molecule has 0 amide bonds. The molecule has 1 aliphatic carbocycles. The lowest BCUT2D eigenvalue weighted by Gasteiger charge is -2.18. The zero-order valence-corrected chi connectivity index (χ0v) is 10.7. The van der Waals surface area contributed by atoms with Gasteiger partial charge in [0.2, 0.25) is 0 Å². The Labute approximate surface area is 95.2 Å². The quantitative estimate of drug-likeness (QED) is 0.613. The SMILES string of the molecule is CCCC1(CNCC(C)CNCC)CC1. The van der Waals surface area contributed by atoms with Crippen molar-refractivity contribution in [1.82, 2.24) is 10.6 Å². The van der Waals surface area contributed by atoms with E-state index in [4.69, 9.17) is 0 Å². The van der Waals surface area contributed by atoms with E-state index in [1.807, 2.05) is 0 Å². The van der Waals surface area contributed by atoms with Gasteiger partial charge in [-0.05, 0) is 50.2 Å². The summed E-state index contributed by atoms with van der Waals surface area (Å²) in [5.41, 5.74) is 0.701. The van der Waals surface area contributed by atoms with Crippen molar-refractivity contribution in [3.05, 3.63) is 0 Å². The van der Waals surface area contributed by atoms with E-state index in [1.165, 1.54) is 38.8 Å². The lowest BCUT2D eigenvalue weighted by atomic mass is 10.0. The normalized spacial score (nSPS) is 20.2. The number of hydrogen-bond acceptors (Lipinski definition) is 2. The maximum atomic E-state index is 3.64. The first-order valence-electron chi connectivity index (χ1n) is 6.64. The van der Waals surface area contributed by atoms with Crippen LogP contribution in [-0.2, 0) is 0 Å². The lowest BCUT2D eigenvalue weighted by molar-refractivity contribution is 0.393. The fourth-order valence-electron chi connectivity index (χ4n) is 2.27. The average Bonchev–Trinajstić information content (AvgIpc) is 2.96. The molecule has 0 bridgehead atoms. The van der Waals surface area contributed by atoms with Gasteiger partial charge in [-0.3, -0.25) is 0 Å². The molecule has 0 saturated heterocycles. The summed E-state index contributed by atoms with van der Waals surface area (Å²) in [5.74, 6) is 0.752. The van der Waals surface area contributed by atoms with Crippen LogP contribution in [0.1, 0.15) is 46.5 Å². The number of nitrogens with one attached hydrogen (secondary N) is 2. The van der Waals surface area contributed by atoms with Crippen molar-refractivity contribution >= 4 is 0 Å². The molecule has 0 aromatic heterocycles. The molecule has 1 atom stereocenters. The van der Waals surface area contributed by atoms with E-state index in [0.29, 0.717) is 5.41 Å². The first kappa shape index (κ1) is 13.0. The van der Waals surface area contributed by atoms with Crippen molar-refractivity contribution in [1.29, 1.82) is 0 Å². The van der Waals surface area contributed by atoms with Crippen molar-refractivity contribution in [2.45, 2.75) is 46.5 Å². The predicted octanol–water partition coefficient (Wildman–Crippen LogP) is 2.40. The van der Waals surface area contributed by atoms with Gasteiger partial charge in [0, 0.05) is 6.54 Å².